The number of carbonyl (C=O) groups excluding carboxylic acids is 2. The highest BCUT2D eigenvalue weighted by atomic mass is 16.5. The Morgan fingerprint density at radius 2 is 1.58 bits per heavy atom. The smallest absolute Gasteiger partial charge is 0.229 e. The first-order chi connectivity index (χ1) is 15.2. The zero-order valence-electron chi connectivity index (χ0n) is 16.8. The fraction of sp³-hybridized carbons (Fsp3) is 0.154. The van der Waals surface area contributed by atoms with Crippen molar-refractivity contribution in [3.8, 4) is 5.75 Å². The zero-order valence-corrected chi connectivity index (χ0v) is 16.8. The van der Waals surface area contributed by atoms with Crippen molar-refractivity contribution >= 4 is 22.5 Å². The lowest BCUT2D eigenvalue weighted by Crippen LogP contribution is -3.12. The maximum atomic E-state index is 13.2. The van der Waals surface area contributed by atoms with Gasteiger partial charge in [0.2, 0.25) is 12.5 Å². The second-order valence-corrected chi connectivity index (χ2v) is 8.13. The van der Waals surface area contributed by atoms with Gasteiger partial charge in [-0.15, -0.1) is 0 Å². The van der Waals surface area contributed by atoms with Crippen molar-refractivity contribution in [2.24, 2.45) is 0 Å². The van der Waals surface area contributed by atoms with Crippen LogP contribution in [-0.2, 0) is 13.0 Å². The van der Waals surface area contributed by atoms with Gasteiger partial charge >= 0.3 is 0 Å². The number of furan rings is 1. The number of rotatable bonds is 3. The second kappa shape index (κ2) is 6.93. The lowest BCUT2D eigenvalue weighted by atomic mass is 9.87. The Morgan fingerprint density at radius 3 is 2.39 bits per heavy atom. The van der Waals surface area contributed by atoms with Crippen molar-refractivity contribution in [2.75, 3.05) is 13.3 Å². The molecule has 0 fully saturated rings. The number of quaternary nitrogens is 1. The number of fused-ring (bicyclic) bond motifs is 6. The Labute approximate surface area is 178 Å². The molecule has 1 aliphatic carbocycles. The molecule has 1 aromatic heterocycles. The molecular formula is C26H20NO4+. The maximum absolute atomic E-state index is 13.2. The molecule has 0 saturated carbocycles. The van der Waals surface area contributed by atoms with E-state index < -0.39 is 0 Å². The SMILES string of the molecule is O=C1c2ccccc2C(=O)c2c1oc1c3c(ccc21)OC[NH+](CCc1ccccc1)C3. The van der Waals surface area contributed by atoms with Gasteiger partial charge in [-0.1, -0.05) is 54.6 Å². The molecule has 4 aromatic rings. The largest absolute Gasteiger partial charge is 0.451 e. The molecule has 3 aromatic carbocycles. The van der Waals surface area contributed by atoms with Crippen LogP contribution in [0.5, 0.6) is 5.75 Å². The highest BCUT2D eigenvalue weighted by Gasteiger charge is 2.36. The van der Waals surface area contributed by atoms with Gasteiger partial charge in [0, 0.05) is 22.9 Å². The Bertz CT molecular complexity index is 1350. The molecule has 0 spiro atoms. The van der Waals surface area contributed by atoms with Crippen molar-refractivity contribution in [3.05, 3.63) is 100 Å². The molecule has 152 valence electrons. The fourth-order valence-corrected chi connectivity index (χ4v) is 4.63. The summed E-state index contributed by atoms with van der Waals surface area (Å²) in [6, 6.07) is 21.0. The van der Waals surface area contributed by atoms with Gasteiger partial charge in [0.05, 0.1) is 17.7 Å². The molecule has 31 heavy (non-hydrogen) atoms. The highest BCUT2D eigenvalue weighted by Crippen LogP contribution is 2.39. The number of ketones is 2. The van der Waals surface area contributed by atoms with E-state index in [1.54, 1.807) is 24.3 Å². The van der Waals surface area contributed by atoms with Crippen LogP contribution >= 0.6 is 0 Å². The molecule has 0 bridgehead atoms. The second-order valence-electron chi connectivity index (χ2n) is 8.13. The minimum atomic E-state index is -0.236. The molecule has 5 heteroatoms. The van der Waals surface area contributed by atoms with Gasteiger partial charge in [-0.3, -0.25) is 14.5 Å². The molecule has 0 amide bonds. The molecule has 2 heterocycles. The number of ether oxygens (including phenoxy) is 1. The van der Waals surface area contributed by atoms with Crippen molar-refractivity contribution in [1.82, 2.24) is 0 Å². The average molecular weight is 410 g/mol. The van der Waals surface area contributed by atoms with Crippen LogP contribution in [-0.4, -0.2) is 24.8 Å². The molecule has 6 rings (SSSR count). The van der Waals surface area contributed by atoms with Gasteiger partial charge in [-0.25, -0.2) is 0 Å². The summed E-state index contributed by atoms with van der Waals surface area (Å²) in [6.07, 6.45) is 0.950. The molecule has 2 aliphatic rings. The average Bonchev–Trinajstić information content (AvgIpc) is 3.22. The topological polar surface area (TPSA) is 61.0 Å². The first kappa shape index (κ1) is 18.1. The molecular weight excluding hydrogens is 390 g/mol. The molecule has 0 saturated heterocycles. The Hall–Kier alpha value is -3.70. The molecule has 0 radical (unpaired) electrons. The highest BCUT2D eigenvalue weighted by molar-refractivity contribution is 6.31. The monoisotopic (exact) mass is 410 g/mol. The van der Waals surface area contributed by atoms with E-state index in [4.69, 9.17) is 9.15 Å². The van der Waals surface area contributed by atoms with Crippen molar-refractivity contribution in [2.45, 2.75) is 13.0 Å². The summed E-state index contributed by atoms with van der Waals surface area (Å²) >= 11 is 0. The maximum Gasteiger partial charge on any atom is 0.229 e. The quantitative estimate of drug-likeness (QED) is 0.496. The fourth-order valence-electron chi connectivity index (χ4n) is 4.63. The van der Waals surface area contributed by atoms with E-state index >= 15 is 0 Å². The lowest BCUT2D eigenvalue weighted by molar-refractivity contribution is -0.932. The number of hydrogen-bond acceptors (Lipinski definition) is 4. The van der Waals surface area contributed by atoms with E-state index in [1.807, 2.05) is 18.2 Å². The number of benzene rings is 3. The first-order valence-corrected chi connectivity index (χ1v) is 10.5. The van der Waals surface area contributed by atoms with Crippen LogP contribution in [0.2, 0.25) is 0 Å². The van der Waals surface area contributed by atoms with Crippen LogP contribution < -0.4 is 9.64 Å². The predicted molar refractivity (Wildman–Crippen MR) is 115 cm³/mol. The third-order valence-electron chi connectivity index (χ3n) is 6.24. The minimum Gasteiger partial charge on any atom is -0.451 e. The molecule has 1 aliphatic heterocycles. The summed E-state index contributed by atoms with van der Waals surface area (Å²) in [5.74, 6) is 0.511. The molecule has 1 atom stereocenters. The van der Waals surface area contributed by atoms with Crippen LogP contribution in [0.15, 0.2) is 71.1 Å². The Balaban J connectivity index is 1.38. The van der Waals surface area contributed by atoms with Gasteiger partial charge in [-0.05, 0) is 17.7 Å². The standard InChI is InChI=1S/C26H19NO4/c28-23-17-8-4-5-9-18(17)24(29)26-22(23)19-10-11-21-20(25(19)31-26)14-27(15-30-21)13-12-16-6-2-1-3-7-16/h1-11H,12-15H2/p+1. The summed E-state index contributed by atoms with van der Waals surface area (Å²) in [4.78, 5) is 27.5. The van der Waals surface area contributed by atoms with Crippen LogP contribution in [0, 0.1) is 0 Å². The summed E-state index contributed by atoms with van der Waals surface area (Å²) in [7, 11) is 0. The molecule has 1 N–H and O–H groups in total. The Morgan fingerprint density at radius 1 is 0.839 bits per heavy atom. The van der Waals surface area contributed by atoms with Crippen LogP contribution in [0.3, 0.4) is 0 Å². The summed E-state index contributed by atoms with van der Waals surface area (Å²) in [6.45, 7) is 2.22. The zero-order chi connectivity index (χ0) is 20.9. The Kier molecular flexibility index (Phi) is 4.04. The van der Waals surface area contributed by atoms with E-state index in [9.17, 15) is 9.59 Å². The van der Waals surface area contributed by atoms with E-state index in [-0.39, 0.29) is 17.3 Å². The minimum absolute atomic E-state index is 0.142. The van der Waals surface area contributed by atoms with Crippen LogP contribution in [0.4, 0.5) is 0 Å². The van der Waals surface area contributed by atoms with Crippen molar-refractivity contribution < 1.29 is 23.6 Å². The summed E-state index contributed by atoms with van der Waals surface area (Å²) in [5, 5.41) is 0.689. The van der Waals surface area contributed by atoms with Crippen LogP contribution in [0.1, 0.15) is 43.2 Å². The number of nitrogens with one attached hydrogen (secondary N) is 1. The third-order valence-corrected chi connectivity index (χ3v) is 6.24. The van der Waals surface area contributed by atoms with Gasteiger partial charge in [-0.2, -0.15) is 0 Å². The van der Waals surface area contributed by atoms with Gasteiger partial charge in [0.1, 0.15) is 17.9 Å². The summed E-state index contributed by atoms with van der Waals surface area (Å²) in [5.41, 5.74) is 4.02. The van der Waals surface area contributed by atoms with E-state index in [2.05, 4.69) is 24.3 Å². The predicted octanol–water partition coefficient (Wildman–Crippen LogP) is 3.19. The van der Waals surface area contributed by atoms with Gasteiger partial charge < -0.3 is 9.15 Å². The number of carbonyl (C=O) groups is 2. The van der Waals surface area contributed by atoms with Gasteiger partial charge in [0.25, 0.3) is 0 Å². The van der Waals surface area contributed by atoms with E-state index in [0.29, 0.717) is 34.4 Å². The van der Waals surface area contributed by atoms with Crippen LogP contribution in [0.25, 0.3) is 11.0 Å². The number of hydrogen-bond donors (Lipinski definition) is 1. The third kappa shape index (κ3) is 2.81. The summed E-state index contributed by atoms with van der Waals surface area (Å²) < 4.78 is 12.1. The van der Waals surface area contributed by atoms with E-state index in [1.165, 1.54) is 10.5 Å². The van der Waals surface area contributed by atoms with E-state index in [0.717, 1.165) is 30.8 Å². The van der Waals surface area contributed by atoms with Gasteiger partial charge in [0.15, 0.2) is 11.5 Å². The van der Waals surface area contributed by atoms with Crippen molar-refractivity contribution in [1.29, 1.82) is 0 Å². The molecule has 5 nitrogen and oxygen atoms in total. The van der Waals surface area contributed by atoms with Crippen molar-refractivity contribution in [3.63, 3.8) is 0 Å². The lowest BCUT2D eigenvalue weighted by Gasteiger charge is -2.26. The first-order valence-electron chi connectivity index (χ1n) is 10.5. The molecule has 1 unspecified atom stereocenters. The normalized spacial score (nSPS) is 17.1.